The van der Waals surface area contributed by atoms with Gasteiger partial charge in [-0.05, 0) is 31.4 Å². The lowest BCUT2D eigenvalue weighted by molar-refractivity contribution is 0.239. The summed E-state index contributed by atoms with van der Waals surface area (Å²) in [6.07, 6.45) is 2.80. The van der Waals surface area contributed by atoms with Crippen LogP contribution >= 0.6 is 0 Å². The van der Waals surface area contributed by atoms with Gasteiger partial charge in [0.1, 0.15) is 0 Å². The van der Waals surface area contributed by atoms with Gasteiger partial charge in [-0.25, -0.2) is 0 Å². The lowest BCUT2D eigenvalue weighted by Crippen LogP contribution is -2.39. The Morgan fingerprint density at radius 3 is 2.24 bits per heavy atom. The first-order valence-corrected chi connectivity index (χ1v) is 6.20. The molecule has 3 nitrogen and oxygen atoms in total. The van der Waals surface area contributed by atoms with Crippen LogP contribution in [0.4, 0.5) is 0 Å². The lowest BCUT2D eigenvalue weighted by atomic mass is 9.91. The van der Waals surface area contributed by atoms with Crippen molar-refractivity contribution in [1.29, 1.82) is 0 Å². The van der Waals surface area contributed by atoms with Gasteiger partial charge < -0.3 is 15.2 Å². The molecule has 0 amide bonds. The van der Waals surface area contributed by atoms with Crippen LogP contribution in [0, 0.1) is 0 Å². The van der Waals surface area contributed by atoms with Crippen LogP contribution in [0.1, 0.15) is 33.1 Å². The SMILES string of the molecule is CCC(N)(CC)CCOc1ccccc1OC. The maximum Gasteiger partial charge on any atom is 0.161 e. The molecule has 0 aliphatic carbocycles. The van der Waals surface area contributed by atoms with E-state index in [1.807, 2.05) is 24.3 Å². The second-order valence-corrected chi connectivity index (χ2v) is 4.32. The molecule has 17 heavy (non-hydrogen) atoms. The Kier molecular flexibility index (Phi) is 5.29. The number of para-hydroxylation sites is 2. The van der Waals surface area contributed by atoms with Crippen LogP contribution in [0.5, 0.6) is 11.5 Å². The van der Waals surface area contributed by atoms with Gasteiger partial charge in [-0.1, -0.05) is 26.0 Å². The molecule has 0 aliphatic rings. The number of benzene rings is 1. The normalized spacial score (nSPS) is 11.3. The third-order valence-corrected chi connectivity index (χ3v) is 3.33. The molecule has 1 aromatic rings. The second kappa shape index (κ2) is 6.50. The lowest BCUT2D eigenvalue weighted by Gasteiger charge is -2.26. The van der Waals surface area contributed by atoms with Gasteiger partial charge >= 0.3 is 0 Å². The number of rotatable bonds is 7. The van der Waals surface area contributed by atoms with E-state index in [1.165, 1.54) is 0 Å². The van der Waals surface area contributed by atoms with Crippen LogP contribution in [-0.4, -0.2) is 19.3 Å². The molecule has 0 spiro atoms. The minimum absolute atomic E-state index is 0.109. The Hall–Kier alpha value is -1.22. The maximum atomic E-state index is 6.22. The highest BCUT2D eigenvalue weighted by Crippen LogP contribution is 2.26. The average molecular weight is 237 g/mol. The second-order valence-electron chi connectivity index (χ2n) is 4.32. The summed E-state index contributed by atoms with van der Waals surface area (Å²) in [5.41, 5.74) is 6.11. The molecule has 0 bridgehead atoms. The molecule has 1 aromatic carbocycles. The van der Waals surface area contributed by atoms with Crippen LogP contribution < -0.4 is 15.2 Å². The van der Waals surface area contributed by atoms with Crippen LogP contribution in [0.2, 0.25) is 0 Å². The predicted molar refractivity (Wildman–Crippen MR) is 70.6 cm³/mol. The molecule has 0 fully saturated rings. The van der Waals surface area contributed by atoms with E-state index < -0.39 is 0 Å². The number of ether oxygens (including phenoxy) is 2. The van der Waals surface area contributed by atoms with Gasteiger partial charge in [-0.2, -0.15) is 0 Å². The molecule has 2 N–H and O–H groups in total. The van der Waals surface area contributed by atoms with Crippen LogP contribution in [-0.2, 0) is 0 Å². The fourth-order valence-corrected chi connectivity index (χ4v) is 1.71. The van der Waals surface area contributed by atoms with E-state index in [2.05, 4.69) is 13.8 Å². The van der Waals surface area contributed by atoms with Gasteiger partial charge in [0.15, 0.2) is 11.5 Å². The van der Waals surface area contributed by atoms with E-state index in [4.69, 9.17) is 15.2 Å². The molecular formula is C14H23NO2. The Bertz CT molecular complexity index is 335. The Morgan fingerprint density at radius 1 is 1.12 bits per heavy atom. The molecule has 0 aromatic heterocycles. The summed E-state index contributed by atoms with van der Waals surface area (Å²) in [5, 5.41) is 0. The molecule has 96 valence electrons. The van der Waals surface area contributed by atoms with E-state index in [-0.39, 0.29) is 5.54 Å². The van der Waals surface area contributed by atoms with E-state index in [9.17, 15) is 0 Å². The van der Waals surface area contributed by atoms with Crippen molar-refractivity contribution in [3.05, 3.63) is 24.3 Å². The summed E-state index contributed by atoms with van der Waals surface area (Å²) < 4.78 is 10.9. The highest BCUT2D eigenvalue weighted by molar-refractivity contribution is 5.39. The number of hydrogen-bond acceptors (Lipinski definition) is 3. The summed E-state index contributed by atoms with van der Waals surface area (Å²) in [6, 6.07) is 7.67. The number of methoxy groups -OCH3 is 1. The first kappa shape index (κ1) is 13.8. The molecule has 0 aliphatic heterocycles. The molecule has 0 atom stereocenters. The standard InChI is InChI=1S/C14H23NO2/c1-4-14(15,5-2)10-11-17-13-9-7-6-8-12(13)16-3/h6-9H,4-5,10-11,15H2,1-3H3. The van der Waals surface area contributed by atoms with E-state index in [0.29, 0.717) is 6.61 Å². The first-order valence-electron chi connectivity index (χ1n) is 6.20. The van der Waals surface area contributed by atoms with Crippen molar-refractivity contribution in [1.82, 2.24) is 0 Å². The summed E-state index contributed by atoms with van der Waals surface area (Å²) in [7, 11) is 1.65. The van der Waals surface area contributed by atoms with Crippen molar-refractivity contribution < 1.29 is 9.47 Å². The first-order chi connectivity index (χ1) is 8.15. The molecular weight excluding hydrogens is 214 g/mol. The Morgan fingerprint density at radius 2 is 1.71 bits per heavy atom. The molecule has 0 radical (unpaired) electrons. The molecule has 0 saturated heterocycles. The average Bonchev–Trinajstić information content (AvgIpc) is 2.39. The molecule has 3 heteroatoms. The number of nitrogens with two attached hydrogens (primary N) is 1. The van der Waals surface area contributed by atoms with Crippen molar-refractivity contribution >= 4 is 0 Å². The van der Waals surface area contributed by atoms with Crippen LogP contribution in [0.25, 0.3) is 0 Å². The van der Waals surface area contributed by atoms with E-state index in [0.717, 1.165) is 30.8 Å². The summed E-state index contributed by atoms with van der Waals surface area (Å²) in [5.74, 6) is 1.55. The molecule has 0 saturated carbocycles. The fourth-order valence-electron chi connectivity index (χ4n) is 1.71. The zero-order valence-electron chi connectivity index (χ0n) is 11.0. The summed E-state index contributed by atoms with van der Waals surface area (Å²) in [6.45, 7) is 4.86. The Labute approximate surface area is 104 Å². The van der Waals surface area contributed by atoms with Gasteiger partial charge in [0.05, 0.1) is 13.7 Å². The van der Waals surface area contributed by atoms with Gasteiger partial charge in [0.25, 0.3) is 0 Å². The predicted octanol–water partition coefficient (Wildman–Crippen LogP) is 2.98. The summed E-state index contributed by atoms with van der Waals surface area (Å²) >= 11 is 0. The highest BCUT2D eigenvalue weighted by Gasteiger charge is 2.20. The van der Waals surface area contributed by atoms with Gasteiger partial charge in [-0.15, -0.1) is 0 Å². The topological polar surface area (TPSA) is 44.5 Å². The third-order valence-electron chi connectivity index (χ3n) is 3.33. The zero-order valence-corrected chi connectivity index (χ0v) is 11.0. The molecule has 1 rings (SSSR count). The molecule has 0 heterocycles. The monoisotopic (exact) mass is 237 g/mol. The zero-order chi connectivity index (χ0) is 12.7. The smallest absolute Gasteiger partial charge is 0.161 e. The van der Waals surface area contributed by atoms with Gasteiger partial charge in [-0.3, -0.25) is 0 Å². The van der Waals surface area contributed by atoms with Crippen LogP contribution in [0.3, 0.4) is 0 Å². The van der Waals surface area contributed by atoms with Gasteiger partial charge in [0, 0.05) is 5.54 Å². The largest absolute Gasteiger partial charge is 0.493 e. The Balaban J connectivity index is 2.51. The van der Waals surface area contributed by atoms with Crippen molar-refractivity contribution in [3.8, 4) is 11.5 Å². The number of hydrogen-bond donors (Lipinski definition) is 1. The van der Waals surface area contributed by atoms with E-state index >= 15 is 0 Å². The van der Waals surface area contributed by atoms with Crippen molar-refractivity contribution in [2.75, 3.05) is 13.7 Å². The quantitative estimate of drug-likeness (QED) is 0.793. The van der Waals surface area contributed by atoms with Crippen molar-refractivity contribution in [3.63, 3.8) is 0 Å². The fraction of sp³-hybridized carbons (Fsp3) is 0.571. The van der Waals surface area contributed by atoms with Crippen molar-refractivity contribution in [2.45, 2.75) is 38.6 Å². The third kappa shape index (κ3) is 3.93. The minimum Gasteiger partial charge on any atom is -0.493 e. The molecule has 0 unspecified atom stereocenters. The van der Waals surface area contributed by atoms with Crippen LogP contribution in [0.15, 0.2) is 24.3 Å². The van der Waals surface area contributed by atoms with Crippen molar-refractivity contribution in [2.24, 2.45) is 5.73 Å². The summed E-state index contributed by atoms with van der Waals surface area (Å²) in [4.78, 5) is 0. The highest BCUT2D eigenvalue weighted by atomic mass is 16.5. The van der Waals surface area contributed by atoms with Gasteiger partial charge in [0.2, 0.25) is 0 Å². The maximum absolute atomic E-state index is 6.22. The minimum atomic E-state index is -0.109. The van der Waals surface area contributed by atoms with E-state index in [1.54, 1.807) is 7.11 Å².